The highest BCUT2D eigenvalue weighted by molar-refractivity contribution is 7.10. The molecule has 2 aliphatic heterocycles. The Morgan fingerprint density at radius 1 is 1.27 bits per heavy atom. The van der Waals surface area contributed by atoms with Gasteiger partial charge in [-0.1, -0.05) is 18.2 Å². The second-order valence-corrected chi connectivity index (χ2v) is 7.42. The van der Waals surface area contributed by atoms with Crippen molar-refractivity contribution in [2.45, 2.75) is 26.0 Å². The Morgan fingerprint density at radius 2 is 2.12 bits per heavy atom. The molecule has 0 saturated carbocycles. The van der Waals surface area contributed by atoms with E-state index in [1.165, 1.54) is 10.4 Å². The number of para-hydroxylation sites is 1. The average molecular weight is 369 g/mol. The Morgan fingerprint density at radius 3 is 3.00 bits per heavy atom. The third-order valence-electron chi connectivity index (χ3n) is 4.65. The zero-order valence-corrected chi connectivity index (χ0v) is 15.3. The summed E-state index contributed by atoms with van der Waals surface area (Å²) in [5.41, 5.74) is 2.45. The molecule has 1 atom stereocenters. The van der Waals surface area contributed by atoms with Gasteiger partial charge in [-0.2, -0.15) is 0 Å². The lowest BCUT2D eigenvalue weighted by atomic mass is 10.1. The summed E-state index contributed by atoms with van der Waals surface area (Å²) in [6, 6.07) is 9.55. The number of carbonyl (C=O) groups excluding carboxylic acids is 2. The van der Waals surface area contributed by atoms with Crippen LogP contribution in [0, 0.1) is 0 Å². The van der Waals surface area contributed by atoms with Gasteiger partial charge < -0.3 is 14.4 Å². The molecule has 1 unspecified atom stereocenters. The van der Waals surface area contributed by atoms with E-state index < -0.39 is 12.1 Å². The number of carbonyl (C=O) groups is 2. The standard InChI is InChI=1S/C20H19NO4S/c1-13(19(22)21-8-6-18-15(11-21)7-9-26-18)25-20(23)16-10-14-4-2-3-5-17(14)24-12-16/h2-5,7,9-10,13H,6,8,11-12H2,1H3. The van der Waals surface area contributed by atoms with Crippen molar-refractivity contribution in [3.8, 4) is 5.75 Å². The average Bonchev–Trinajstić information content (AvgIpc) is 3.14. The van der Waals surface area contributed by atoms with E-state index in [2.05, 4.69) is 11.4 Å². The molecular weight excluding hydrogens is 350 g/mol. The zero-order valence-electron chi connectivity index (χ0n) is 14.4. The number of hydrogen-bond acceptors (Lipinski definition) is 5. The Labute approximate surface area is 155 Å². The van der Waals surface area contributed by atoms with Crippen molar-refractivity contribution in [3.05, 3.63) is 57.3 Å². The molecule has 3 heterocycles. The van der Waals surface area contributed by atoms with Crippen LogP contribution >= 0.6 is 11.3 Å². The molecule has 1 aromatic heterocycles. The molecular formula is C20H19NO4S. The Hall–Kier alpha value is -2.60. The smallest absolute Gasteiger partial charge is 0.338 e. The minimum atomic E-state index is -0.819. The van der Waals surface area contributed by atoms with Gasteiger partial charge in [0.25, 0.3) is 5.91 Å². The van der Waals surface area contributed by atoms with Gasteiger partial charge in [0.15, 0.2) is 6.10 Å². The van der Waals surface area contributed by atoms with Crippen molar-refractivity contribution in [1.82, 2.24) is 4.90 Å². The molecule has 1 amide bonds. The molecule has 0 fully saturated rings. The van der Waals surface area contributed by atoms with Crippen LogP contribution in [0.4, 0.5) is 0 Å². The van der Waals surface area contributed by atoms with Gasteiger partial charge in [-0.05, 0) is 42.5 Å². The summed E-state index contributed by atoms with van der Waals surface area (Å²) in [6.45, 7) is 3.02. The fraction of sp³-hybridized carbons (Fsp3) is 0.300. The van der Waals surface area contributed by atoms with Gasteiger partial charge in [0.1, 0.15) is 12.4 Å². The lowest BCUT2D eigenvalue weighted by molar-refractivity contribution is -0.156. The maximum absolute atomic E-state index is 12.6. The van der Waals surface area contributed by atoms with Crippen LogP contribution in [0.3, 0.4) is 0 Å². The number of nitrogens with zero attached hydrogens (tertiary/aromatic N) is 1. The van der Waals surface area contributed by atoms with E-state index in [9.17, 15) is 9.59 Å². The first-order valence-electron chi connectivity index (χ1n) is 8.59. The molecule has 0 spiro atoms. The summed E-state index contributed by atoms with van der Waals surface area (Å²) in [5.74, 6) is 0.0783. The third-order valence-corrected chi connectivity index (χ3v) is 5.67. The van der Waals surface area contributed by atoms with Crippen LogP contribution in [0.2, 0.25) is 0 Å². The molecule has 0 radical (unpaired) electrons. The predicted molar refractivity (Wildman–Crippen MR) is 98.9 cm³/mol. The number of fused-ring (bicyclic) bond motifs is 2. The van der Waals surface area contributed by atoms with Crippen LogP contribution in [0.5, 0.6) is 5.75 Å². The topological polar surface area (TPSA) is 55.8 Å². The highest BCUT2D eigenvalue weighted by Gasteiger charge is 2.29. The first kappa shape index (κ1) is 16.8. The maximum Gasteiger partial charge on any atom is 0.338 e. The summed E-state index contributed by atoms with van der Waals surface area (Å²) in [7, 11) is 0. The normalized spacial score (nSPS) is 16.7. The van der Waals surface area contributed by atoms with Crippen LogP contribution in [-0.2, 0) is 27.3 Å². The minimum absolute atomic E-state index is 0.152. The Balaban J connectivity index is 1.40. The molecule has 0 N–H and O–H groups in total. The largest absolute Gasteiger partial charge is 0.488 e. The van der Waals surface area contributed by atoms with E-state index >= 15 is 0 Å². The van der Waals surface area contributed by atoms with Gasteiger partial charge in [-0.25, -0.2) is 4.79 Å². The molecule has 0 bridgehead atoms. The van der Waals surface area contributed by atoms with Crippen LogP contribution in [0.15, 0.2) is 41.3 Å². The summed E-state index contributed by atoms with van der Waals surface area (Å²) >= 11 is 1.73. The number of amides is 1. The van der Waals surface area contributed by atoms with Crippen molar-refractivity contribution in [2.24, 2.45) is 0 Å². The van der Waals surface area contributed by atoms with Crippen molar-refractivity contribution < 1.29 is 19.1 Å². The number of thiophene rings is 1. The second kappa shape index (κ2) is 6.96. The molecule has 26 heavy (non-hydrogen) atoms. The van der Waals surface area contributed by atoms with Crippen molar-refractivity contribution >= 4 is 29.3 Å². The summed E-state index contributed by atoms with van der Waals surface area (Å²) in [6.07, 6.45) is 1.80. The number of rotatable bonds is 3. The number of ether oxygens (including phenoxy) is 2. The monoisotopic (exact) mass is 369 g/mol. The third kappa shape index (κ3) is 3.24. The molecule has 5 nitrogen and oxygen atoms in total. The SMILES string of the molecule is CC(OC(=O)C1=Cc2ccccc2OC1)C(=O)N1CCc2sccc2C1. The van der Waals surface area contributed by atoms with Crippen LogP contribution in [0.25, 0.3) is 6.08 Å². The zero-order chi connectivity index (χ0) is 18.1. The molecule has 4 rings (SSSR count). The summed E-state index contributed by atoms with van der Waals surface area (Å²) in [5, 5.41) is 2.05. The molecule has 1 aromatic carbocycles. The van der Waals surface area contributed by atoms with E-state index in [4.69, 9.17) is 9.47 Å². The highest BCUT2D eigenvalue weighted by Crippen LogP contribution is 2.27. The second-order valence-electron chi connectivity index (χ2n) is 6.42. The van der Waals surface area contributed by atoms with Crippen molar-refractivity contribution in [3.63, 3.8) is 0 Å². The highest BCUT2D eigenvalue weighted by atomic mass is 32.1. The lowest BCUT2D eigenvalue weighted by Crippen LogP contribution is -2.42. The molecule has 6 heteroatoms. The summed E-state index contributed by atoms with van der Waals surface area (Å²) in [4.78, 5) is 28.2. The lowest BCUT2D eigenvalue weighted by Gasteiger charge is -2.29. The van der Waals surface area contributed by atoms with Gasteiger partial charge >= 0.3 is 5.97 Å². The van der Waals surface area contributed by atoms with E-state index in [0.717, 1.165) is 17.7 Å². The van der Waals surface area contributed by atoms with E-state index in [1.807, 2.05) is 24.3 Å². The molecule has 0 saturated heterocycles. The molecule has 2 aromatic rings. The van der Waals surface area contributed by atoms with Gasteiger partial charge in [0.05, 0.1) is 5.57 Å². The molecule has 134 valence electrons. The molecule has 0 aliphatic carbocycles. The fourth-order valence-electron chi connectivity index (χ4n) is 3.21. The predicted octanol–water partition coefficient (Wildman–Crippen LogP) is 3.04. The minimum Gasteiger partial charge on any atom is -0.488 e. The van der Waals surface area contributed by atoms with Gasteiger partial charge in [-0.15, -0.1) is 11.3 Å². The quantitative estimate of drug-likeness (QED) is 0.781. The summed E-state index contributed by atoms with van der Waals surface area (Å²) < 4.78 is 11.0. The van der Waals surface area contributed by atoms with Gasteiger partial charge in [0.2, 0.25) is 0 Å². The fourth-order valence-corrected chi connectivity index (χ4v) is 4.10. The number of esters is 1. The van der Waals surface area contributed by atoms with Crippen molar-refractivity contribution in [1.29, 1.82) is 0 Å². The Bertz CT molecular complexity index is 885. The van der Waals surface area contributed by atoms with Gasteiger partial charge in [-0.3, -0.25) is 4.79 Å². The Kier molecular flexibility index (Phi) is 4.51. The van der Waals surface area contributed by atoms with E-state index in [0.29, 0.717) is 18.7 Å². The van der Waals surface area contributed by atoms with Crippen LogP contribution in [-0.4, -0.2) is 36.0 Å². The van der Waals surface area contributed by atoms with E-state index in [1.54, 1.807) is 29.2 Å². The first-order valence-corrected chi connectivity index (χ1v) is 9.47. The van der Waals surface area contributed by atoms with Crippen LogP contribution in [0.1, 0.15) is 22.9 Å². The van der Waals surface area contributed by atoms with E-state index in [-0.39, 0.29) is 12.5 Å². The maximum atomic E-state index is 12.6. The van der Waals surface area contributed by atoms with Crippen molar-refractivity contribution in [2.75, 3.05) is 13.2 Å². The van der Waals surface area contributed by atoms with Gasteiger partial charge in [0, 0.05) is 23.5 Å². The first-order chi connectivity index (χ1) is 12.6. The molecule has 2 aliphatic rings. The van der Waals surface area contributed by atoms with Crippen LogP contribution < -0.4 is 4.74 Å². The number of hydrogen-bond donors (Lipinski definition) is 0. The number of benzene rings is 1.